The van der Waals surface area contributed by atoms with E-state index < -0.39 is 11.6 Å². The molecule has 10 nitrogen and oxygen atoms in total. The first kappa shape index (κ1) is 22.2. The van der Waals surface area contributed by atoms with Crippen LogP contribution in [-0.4, -0.2) is 64.4 Å². The van der Waals surface area contributed by atoms with E-state index in [0.29, 0.717) is 43.3 Å². The maximum absolute atomic E-state index is 13.0. The Balaban J connectivity index is 1.25. The number of hydrogen-bond acceptors (Lipinski definition) is 7. The molecule has 4 heterocycles. The molecule has 1 aromatic carbocycles. The second kappa shape index (κ2) is 8.62. The van der Waals surface area contributed by atoms with E-state index in [4.69, 9.17) is 16.0 Å². The molecule has 2 fully saturated rings. The third kappa shape index (κ3) is 3.74. The number of furan rings is 1. The largest absolute Gasteiger partial charge is 0.466 e. The van der Waals surface area contributed by atoms with Crippen molar-refractivity contribution in [2.75, 3.05) is 37.7 Å². The maximum Gasteiger partial charge on any atom is 0.326 e. The Morgan fingerprint density at radius 1 is 1.06 bits per heavy atom. The van der Waals surface area contributed by atoms with Crippen LogP contribution in [-0.2, 0) is 10.3 Å². The average molecular weight is 483 g/mol. The van der Waals surface area contributed by atoms with Crippen LogP contribution in [0.3, 0.4) is 0 Å². The Hall–Kier alpha value is -3.63. The van der Waals surface area contributed by atoms with Crippen molar-refractivity contribution in [3.05, 3.63) is 76.1 Å². The minimum Gasteiger partial charge on any atom is -0.466 e. The molecule has 0 saturated carbocycles. The molecule has 3 amide bonds. The molecule has 2 saturated heterocycles. The van der Waals surface area contributed by atoms with E-state index in [2.05, 4.69) is 10.4 Å². The highest BCUT2D eigenvalue weighted by Crippen LogP contribution is 2.29. The molecule has 34 heavy (non-hydrogen) atoms. The number of hydrogen-bond donors (Lipinski definition) is 1. The minimum atomic E-state index is -1.22. The van der Waals surface area contributed by atoms with Crippen LogP contribution in [0.15, 0.2) is 64.1 Å². The summed E-state index contributed by atoms with van der Waals surface area (Å²) in [5.74, 6) is 0.0391. The van der Waals surface area contributed by atoms with Gasteiger partial charge in [-0.15, -0.1) is 0 Å². The van der Waals surface area contributed by atoms with Crippen molar-refractivity contribution in [3.63, 3.8) is 0 Å². The van der Waals surface area contributed by atoms with Gasteiger partial charge in [-0.25, -0.2) is 9.69 Å². The van der Waals surface area contributed by atoms with E-state index in [1.165, 1.54) is 15.8 Å². The summed E-state index contributed by atoms with van der Waals surface area (Å²) in [4.78, 5) is 43.5. The summed E-state index contributed by atoms with van der Waals surface area (Å²) in [5, 5.41) is 7.14. The van der Waals surface area contributed by atoms with Crippen LogP contribution >= 0.6 is 11.6 Å². The fourth-order valence-corrected chi connectivity index (χ4v) is 4.53. The molecule has 3 aromatic rings. The quantitative estimate of drug-likeness (QED) is 0.555. The molecule has 2 aliphatic rings. The number of para-hydroxylation sites is 1. The number of anilines is 1. The molecule has 5 rings (SSSR count). The van der Waals surface area contributed by atoms with Crippen LogP contribution in [0.25, 0.3) is 5.69 Å². The lowest BCUT2D eigenvalue weighted by Crippen LogP contribution is -2.52. The van der Waals surface area contributed by atoms with E-state index in [1.807, 2.05) is 28.0 Å². The smallest absolute Gasteiger partial charge is 0.326 e. The molecule has 2 aromatic heterocycles. The van der Waals surface area contributed by atoms with Crippen molar-refractivity contribution in [3.8, 4) is 5.69 Å². The minimum absolute atomic E-state index is 0.107. The summed E-state index contributed by atoms with van der Waals surface area (Å²) in [7, 11) is 0. The SMILES string of the molecule is CC1(c2ccco2)NC(=O)N(CN2CCN(c3cnn(-c4ccccc4)c(=O)c3Cl)CC2)C1=O. The van der Waals surface area contributed by atoms with Crippen LogP contribution in [0.5, 0.6) is 0 Å². The van der Waals surface area contributed by atoms with E-state index in [1.54, 1.807) is 37.4 Å². The molecule has 0 aliphatic carbocycles. The summed E-state index contributed by atoms with van der Waals surface area (Å²) >= 11 is 6.43. The topological polar surface area (TPSA) is 104 Å². The Labute approximate surface area is 200 Å². The lowest BCUT2D eigenvalue weighted by molar-refractivity contribution is -0.133. The lowest BCUT2D eigenvalue weighted by Gasteiger charge is -2.37. The van der Waals surface area contributed by atoms with Gasteiger partial charge in [-0.3, -0.25) is 14.5 Å². The molecule has 11 heteroatoms. The van der Waals surface area contributed by atoms with Gasteiger partial charge in [0.25, 0.3) is 11.5 Å². The van der Waals surface area contributed by atoms with Gasteiger partial charge in [-0.2, -0.15) is 9.78 Å². The summed E-state index contributed by atoms with van der Waals surface area (Å²) in [6, 6.07) is 12.0. The number of nitrogens with zero attached hydrogens (tertiary/aromatic N) is 5. The predicted octanol–water partition coefficient (Wildman–Crippen LogP) is 2.03. The van der Waals surface area contributed by atoms with Crippen LogP contribution in [0.2, 0.25) is 5.02 Å². The molecular weight excluding hydrogens is 460 g/mol. The summed E-state index contributed by atoms with van der Waals surface area (Å²) in [5.41, 5.74) is -0.395. The van der Waals surface area contributed by atoms with Gasteiger partial charge >= 0.3 is 6.03 Å². The first-order valence-corrected chi connectivity index (χ1v) is 11.2. The van der Waals surface area contributed by atoms with Gasteiger partial charge in [0.1, 0.15) is 10.8 Å². The van der Waals surface area contributed by atoms with Gasteiger partial charge < -0.3 is 14.6 Å². The van der Waals surface area contributed by atoms with Crippen LogP contribution < -0.4 is 15.8 Å². The molecule has 1 atom stereocenters. The number of carbonyl (C=O) groups is 2. The van der Waals surface area contributed by atoms with E-state index in [-0.39, 0.29) is 23.2 Å². The van der Waals surface area contributed by atoms with Crippen LogP contribution in [0.4, 0.5) is 10.5 Å². The molecular formula is C23H23ClN6O4. The van der Waals surface area contributed by atoms with E-state index >= 15 is 0 Å². The summed E-state index contributed by atoms with van der Waals surface area (Å²) in [6.45, 7) is 4.08. The molecule has 1 unspecified atom stereocenters. The summed E-state index contributed by atoms with van der Waals surface area (Å²) < 4.78 is 6.64. The van der Waals surface area contributed by atoms with Gasteiger partial charge in [-0.05, 0) is 31.2 Å². The Morgan fingerprint density at radius 2 is 1.79 bits per heavy atom. The van der Waals surface area contributed by atoms with Crippen molar-refractivity contribution in [1.82, 2.24) is 24.9 Å². The van der Waals surface area contributed by atoms with Gasteiger partial charge in [0.2, 0.25) is 0 Å². The second-order valence-corrected chi connectivity index (χ2v) is 8.79. The molecule has 2 aliphatic heterocycles. The monoisotopic (exact) mass is 482 g/mol. The van der Waals surface area contributed by atoms with Crippen molar-refractivity contribution in [2.24, 2.45) is 0 Å². The third-order valence-electron chi connectivity index (χ3n) is 6.24. The number of imide groups is 1. The number of rotatable bonds is 5. The van der Waals surface area contributed by atoms with Crippen LogP contribution in [0, 0.1) is 0 Å². The Morgan fingerprint density at radius 3 is 2.47 bits per heavy atom. The number of piperazine rings is 1. The molecule has 176 valence electrons. The molecule has 1 N–H and O–H groups in total. The van der Waals surface area contributed by atoms with Gasteiger partial charge in [-0.1, -0.05) is 29.8 Å². The zero-order valence-corrected chi connectivity index (χ0v) is 19.2. The third-order valence-corrected chi connectivity index (χ3v) is 6.60. The average Bonchev–Trinajstić information content (AvgIpc) is 3.47. The molecule has 0 radical (unpaired) electrons. The zero-order chi connectivity index (χ0) is 23.9. The second-order valence-electron chi connectivity index (χ2n) is 8.41. The van der Waals surface area contributed by atoms with E-state index in [9.17, 15) is 14.4 Å². The van der Waals surface area contributed by atoms with Crippen molar-refractivity contribution in [1.29, 1.82) is 0 Å². The highest BCUT2D eigenvalue weighted by Gasteiger charge is 2.51. The fourth-order valence-electron chi connectivity index (χ4n) is 4.28. The number of benzene rings is 1. The summed E-state index contributed by atoms with van der Waals surface area (Å²) in [6.07, 6.45) is 3.07. The highest BCUT2D eigenvalue weighted by atomic mass is 35.5. The van der Waals surface area contributed by atoms with Crippen LogP contribution in [0.1, 0.15) is 12.7 Å². The lowest BCUT2D eigenvalue weighted by atomic mass is 9.99. The number of urea groups is 1. The van der Waals surface area contributed by atoms with Gasteiger partial charge in [0.05, 0.1) is 30.5 Å². The number of amides is 3. The molecule has 0 bridgehead atoms. The normalized spacial score (nSPS) is 21.2. The van der Waals surface area contributed by atoms with Crippen molar-refractivity contribution < 1.29 is 14.0 Å². The highest BCUT2D eigenvalue weighted by molar-refractivity contribution is 6.33. The first-order valence-electron chi connectivity index (χ1n) is 10.9. The number of halogens is 1. The standard InChI is InChI=1S/C23H23ClN6O4/c1-23(18-8-5-13-34-18)21(32)29(22(33)26-23)15-27-9-11-28(12-10-27)17-14-25-30(20(31)19(17)24)16-6-3-2-4-7-16/h2-8,13-14H,9-12,15H2,1H3,(H,26,33). The van der Waals surface area contributed by atoms with E-state index in [0.717, 1.165) is 0 Å². The Bertz CT molecular complexity index is 1270. The van der Waals surface area contributed by atoms with Gasteiger partial charge in [0, 0.05) is 26.2 Å². The zero-order valence-electron chi connectivity index (χ0n) is 18.5. The number of nitrogens with one attached hydrogen (secondary N) is 1. The fraction of sp³-hybridized carbons (Fsp3) is 0.304. The Kier molecular flexibility index (Phi) is 5.62. The number of aromatic nitrogens is 2. The van der Waals surface area contributed by atoms with Crippen molar-refractivity contribution >= 4 is 29.2 Å². The maximum atomic E-state index is 13.0. The predicted molar refractivity (Wildman–Crippen MR) is 125 cm³/mol. The van der Waals surface area contributed by atoms with Gasteiger partial charge in [0.15, 0.2) is 5.54 Å². The molecule has 0 spiro atoms. The van der Waals surface area contributed by atoms with Crippen molar-refractivity contribution in [2.45, 2.75) is 12.5 Å². The first-order chi connectivity index (χ1) is 16.4. The number of carbonyl (C=O) groups excluding carboxylic acids is 2.